The van der Waals surface area contributed by atoms with Gasteiger partial charge in [0.05, 0.1) is 0 Å². The van der Waals surface area contributed by atoms with Crippen LogP contribution in [0.25, 0.3) is 0 Å². The van der Waals surface area contributed by atoms with E-state index in [0.29, 0.717) is 6.07 Å². The summed E-state index contributed by atoms with van der Waals surface area (Å²) in [4.78, 5) is 0. The van der Waals surface area contributed by atoms with Gasteiger partial charge in [-0.05, 0) is 25.5 Å². The highest BCUT2D eigenvalue weighted by molar-refractivity contribution is 5.85. The molecule has 0 aliphatic carbocycles. The molecule has 0 amide bonds. The van der Waals surface area contributed by atoms with Crippen molar-refractivity contribution in [2.75, 3.05) is 6.54 Å². The first kappa shape index (κ1) is 12.3. The van der Waals surface area contributed by atoms with E-state index in [0.717, 1.165) is 25.5 Å². The third-order valence-electron chi connectivity index (χ3n) is 2.46. The predicted octanol–water partition coefficient (Wildman–Crippen LogP) is 2.95. The van der Waals surface area contributed by atoms with E-state index in [4.69, 9.17) is 0 Å². The Balaban J connectivity index is 0.00000112. The van der Waals surface area contributed by atoms with Gasteiger partial charge in [-0.2, -0.15) is 0 Å². The van der Waals surface area contributed by atoms with E-state index in [2.05, 4.69) is 5.32 Å². The van der Waals surface area contributed by atoms with Gasteiger partial charge < -0.3 is 5.32 Å². The second-order valence-corrected chi connectivity index (χ2v) is 3.44. The molecule has 1 nitrogen and oxygen atoms in total. The van der Waals surface area contributed by atoms with Crippen molar-refractivity contribution in [1.29, 1.82) is 0 Å². The zero-order valence-electron chi connectivity index (χ0n) is 7.90. The molecule has 1 aromatic carbocycles. The lowest BCUT2D eigenvalue weighted by atomic mass is 10.0. The van der Waals surface area contributed by atoms with Crippen molar-refractivity contribution < 1.29 is 13.2 Å². The van der Waals surface area contributed by atoms with E-state index in [1.54, 1.807) is 0 Å². The first-order chi connectivity index (χ1) is 6.68. The predicted molar refractivity (Wildman–Crippen MR) is 53.5 cm³/mol. The zero-order valence-corrected chi connectivity index (χ0v) is 8.71. The third-order valence-corrected chi connectivity index (χ3v) is 2.46. The minimum absolute atomic E-state index is 0. The maximum atomic E-state index is 13.3. The number of hydrogen-bond donors (Lipinski definition) is 1. The fourth-order valence-corrected chi connectivity index (χ4v) is 1.78. The summed E-state index contributed by atoms with van der Waals surface area (Å²) in [6.45, 7) is 0.766. The van der Waals surface area contributed by atoms with Crippen LogP contribution in [0.15, 0.2) is 12.1 Å². The Morgan fingerprint density at radius 1 is 1.20 bits per heavy atom. The van der Waals surface area contributed by atoms with Crippen LogP contribution in [0.1, 0.15) is 24.4 Å². The van der Waals surface area contributed by atoms with Crippen LogP contribution in [0.4, 0.5) is 13.2 Å². The normalized spacial score (nSPS) is 20.1. The summed E-state index contributed by atoms with van der Waals surface area (Å²) in [5, 5.41) is 2.99. The van der Waals surface area contributed by atoms with Gasteiger partial charge in [0.2, 0.25) is 0 Å². The Hall–Kier alpha value is -0.740. The average Bonchev–Trinajstić information content (AvgIpc) is 2.63. The largest absolute Gasteiger partial charge is 0.310 e. The molecular weight excluding hydrogens is 227 g/mol. The molecule has 1 heterocycles. The number of halogens is 4. The maximum absolute atomic E-state index is 13.3. The highest BCUT2D eigenvalue weighted by Crippen LogP contribution is 2.27. The van der Waals surface area contributed by atoms with Crippen molar-refractivity contribution in [3.8, 4) is 0 Å². The molecule has 15 heavy (non-hydrogen) atoms. The van der Waals surface area contributed by atoms with Gasteiger partial charge in [-0.1, -0.05) is 0 Å². The Kier molecular flexibility index (Phi) is 3.99. The monoisotopic (exact) mass is 237 g/mol. The average molecular weight is 238 g/mol. The Morgan fingerprint density at radius 3 is 2.53 bits per heavy atom. The van der Waals surface area contributed by atoms with Gasteiger partial charge in [-0.25, -0.2) is 13.2 Å². The fourth-order valence-electron chi connectivity index (χ4n) is 1.78. The van der Waals surface area contributed by atoms with E-state index in [1.165, 1.54) is 0 Å². The summed E-state index contributed by atoms with van der Waals surface area (Å²) < 4.78 is 38.9. The van der Waals surface area contributed by atoms with Gasteiger partial charge in [0, 0.05) is 17.7 Å². The molecule has 0 saturated carbocycles. The van der Waals surface area contributed by atoms with Crippen LogP contribution < -0.4 is 5.32 Å². The molecular formula is C10H11ClF3N. The SMILES string of the molecule is Cl.Fc1cc(F)c(F)c([C@H]2CCCN2)c1. The van der Waals surface area contributed by atoms with Gasteiger partial charge in [-0.15, -0.1) is 12.4 Å². The second-order valence-electron chi connectivity index (χ2n) is 3.44. The first-order valence-corrected chi connectivity index (χ1v) is 4.56. The molecule has 1 saturated heterocycles. The molecule has 0 spiro atoms. The zero-order chi connectivity index (χ0) is 10.1. The lowest BCUT2D eigenvalue weighted by Crippen LogP contribution is -2.15. The molecule has 1 atom stereocenters. The van der Waals surface area contributed by atoms with Crippen molar-refractivity contribution >= 4 is 12.4 Å². The Morgan fingerprint density at radius 2 is 1.93 bits per heavy atom. The molecule has 84 valence electrons. The number of hydrogen-bond acceptors (Lipinski definition) is 1. The number of benzene rings is 1. The summed E-state index contributed by atoms with van der Waals surface area (Å²) >= 11 is 0. The summed E-state index contributed by atoms with van der Waals surface area (Å²) in [6.07, 6.45) is 1.63. The van der Waals surface area contributed by atoms with Crippen molar-refractivity contribution in [1.82, 2.24) is 5.32 Å². The van der Waals surface area contributed by atoms with E-state index in [1.807, 2.05) is 0 Å². The van der Waals surface area contributed by atoms with Crippen molar-refractivity contribution in [2.45, 2.75) is 18.9 Å². The summed E-state index contributed by atoms with van der Waals surface area (Å²) in [7, 11) is 0. The summed E-state index contributed by atoms with van der Waals surface area (Å²) in [6, 6.07) is 1.37. The first-order valence-electron chi connectivity index (χ1n) is 4.56. The van der Waals surface area contributed by atoms with Crippen molar-refractivity contribution in [2.24, 2.45) is 0 Å². The van der Waals surface area contributed by atoms with Crippen LogP contribution in [-0.2, 0) is 0 Å². The Bertz CT molecular complexity index is 351. The quantitative estimate of drug-likeness (QED) is 0.741. The van der Waals surface area contributed by atoms with Gasteiger partial charge in [0.25, 0.3) is 0 Å². The molecule has 0 bridgehead atoms. The molecule has 1 aromatic rings. The summed E-state index contributed by atoms with van der Waals surface area (Å²) in [5.41, 5.74) is 0.0972. The van der Waals surface area contributed by atoms with Crippen molar-refractivity contribution in [3.63, 3.8) is 0 Å². The van der Waals surface area contributed by atoms with E-state index >= 15 is 0 Å². The highest BCUT2D eigenvalue weighted by Gasteiger charge is 2.22. The Labute approximate surface area is 92.1 Å². The molecule has 1 N–H and O–H groups in total. The van der Waals surface area contributed by atoms with Crippen LogP contribution in [0, 0.1) is 17.5 Å². The minimum Gasteiger partial charge on any atom is -0.310 e. The highest BCUT2D eigenvalue weighted by atomic mass is 35.5. The number of nitrogens with one attached hydrogen (secondary N) is 1. The van der Waals surface area contributed by atoms with Gasteiger partial charge >= 0.3 is 0 Å². The molecule has 0 radical (unpaired) electrons. The number of rotatable bonds is 1. The van der Waals surface area contributed by atoms with E-state index in [9.17, 15) is 13.2 Å². The smallest absolute Gasteiger partial charge is 0.163 e. The van der Waals surface area contributed by atoms with E-state index < -0.39 is 17.5 Å². The second kappa shape index (κ2) is 4.86. The van der Waals surface area contributed by atoms with Gasteiger partial charge in [0.15, 0.2) is 11.6 Å². The molecule has 1 fully saturated rings. The van der Waals surface area contributed by atoms with Crippen LogP contribution in [0.2, 0.25) is 0 Å². The lowest BCUT2D eigenvalue weighted by Gasteiger charge is -2.11. The van der Waals surface area contributed by atoms with Crippen LogP contribution in [0.3, 0.4) is 0 Å². The minimum atomic E-state index is -1.12. The maximum Gasteiger partial charge on any atom is 0.163 e. The van der Waals surface area contributed by atoms with Gasteiger partial charge in [-0.3, -0.25) is 0 Å². The molecule has 1 aliphatic heterocycles. The van der Waals surface area contributed by atoms with Crippen molar-refractivity contribution in [3.05, 3.63) is 35.1 Å². The van der Waals surface area contributed by atoms with Crippen LogP contribution >= 0.6 is 12.4 Å². The van der Waals surface area contributed by atoms with Crippen LogP contribution in [0.5, 0.6) is 0 Å². The molecule has 2 rings (SSSR count). The standard InChI is InChI=1S/C10H10F3N.ClH/c11-6-4-7(9-2-1-3-14-9)10(13)8(12)5-6;/h4-5,9,14H,1-3H2;1H/t9-;/m1./s1. The fraction of sp³-hybridized carbons (Fsp3) is 0.400. The molecule has 5 heteroatoms. The van der Waals surface area contributed by atoms with E-state index in [-0.39, 0.29) is 24.0 Å². The van der Waals surface area contributed by atoms with Crippen LogP contribution in [-0.4, -0.2) is 6.54 Å². The van der Waals surface area contributed by atoms with Gasteiger partial charge in [0.1, 0.15) is 5.82 Å². The lowest BCUT2D eigenvalue weighted by molar-refractivity contribution is 0.468. The molecule has 1 aliphatic rings. The third kappa shape index (κ3) is 2.44. The molecule has 0 aromatic heterocycles. The topological polar surface area (TPSA) is 12.0 Å². The molecule has 0 unspecified atom stereocenters. The summed E-state index contributed by atoms with van der Waals surface area (Å²) in [5.74, 6) is -2.79.